The average Bonchev–Trinajstić information content (AvgIpc) is 2.46. The molecule has 3 rings (SSSR count). The van der Waals surface area contributed by atoms with Crippen LogP contribution < -0.4 is 5.43 Å². The van der Waals surface area contributed by atoms with E-state index >= 15 is 0 Å². The maximum Gasteiger partial charge on any atom is 0.188 e. The summed E-state index contributed by atoms with van der Waals surface area (Å²) in [6.45, 7) is 3.65. The van der Waals surface area contributed by atoms with Gasteiger partial charge in [0.05, 0.1) is 0 Å². The lowest BCUT2D eigenvalue weighted by Gasteiger charge is -2.11. The summed E-state index contributed by atoms with van der Waals surface area (Å²) in [4.78, 5) is 12.0. The number of fused-ring (bicyclic) bond motifs is 1. The molecular formula is C17H14O2. The normalized spacial score (nSPS) is 10.8. The zero-order valence-corrected chi connectivity index (χ0v) is 10.9. The van der Waals surface area contributed by atoms with E-state index in [0.29, 0.717) is 11.3 Å². The molecule has 1 aromatic rings. The van der Waals surface area contributed by atoms with Crippen molar-refractivity contribution in [3.05, 3.63) is 69.9 Å². The molecule has 0 bridgehead atoms. The fourth-order valence-corrected chi connectivity index (χ4v) is 2.31. The third-order valence-corrected chi connectivity index (χ3v) is 3.36. The van der Waals surface area contributed by atoms with Crippen LogP contribution in [0.3, 0.4) is 0 Å². The molecule has 0 amide bonds. The molecule has 1 aromatic carbocycles. The van der Waals surface area contributed by atoms with Crippen LogP contribution in [0.1, 0.15) is 11.1 Å². The molecule has 0 aromatic heterocycles. The van der Waals surface area contributed by atoms with Crippen molar-refractivity contribution in [2.24, 2.45) is 0 Å². The van der Waals surface area contributed by atoms with Crippen LogP contribution in [0, 0.1) is 13.8 Å². The number of benzene rings is 2. The molecule has 0 fully saturated rings. The van der Waals surface area contributed by atoms with Gasteiger partial charge in [0.25, 0.3) is 0 Å². The maximum absolute atomic E-state index is 12.0. The van der Waals surface area contributed by atoms with Crippen LogP contribution >= 0.6 is 0 Å². The summed E-state index contributed by atoms with van der Waals surface area (Å²) < 4.78 is 5.91. The Labute approximate surface area is 111 Å². The van der Waals surface area contributed by atoms with E-state index in [-0.39, 0.29) is 5.43 Å². The van der Waals surface area contributed by atoms with Crippen molar-refractivity contribution in [3.63, 3.8) is 0 Å². The van der Waals surface area contributed by atoms with Gasteiger partial charge < -0.3 is 4.42 Å². The molecule has 0 unspecified atom stereocenters. The lowest BCUT2D eigenvalue weighted by Crippen LogP contribution is -2.10. The lowest BCUT2D eigenvalue weighted by molar-refractivity contribution is 0.576. The Bertz CT molecular complexity index is 754. The van der Waals surface area contributed by atoms with E-state index < -0.39 is 0 Å². The SMILES string of the molecule is Cc1cc2ccc(-c3ccccc3)oc-2c(C)c1=O. The average molecular weight is 250 g/mol. The van der Waals surface area contributed by atoms with Crippen molar-refractivity contribution in [1.29, 1.82) is 0 Å². The second-order valence-corrected chi connectivity index (χ2v) is 4.73. The van der Waals surface area contributed by atoms with Crippen LogP contribution in [0.5, 0.6) is 0 Å². The standard InChI is InChI=1S/C17H14O2/c1-11-10-14-8-9-15(13-6-4-3-5-7-13)19-17(14)12(2)16(11)18/h3-10H,1-2H3. The van der Waals surface area contributed by atoms with Gasteiger partial charge >= 0.3 is 0 Å². The van der Waals surface area contributed by atoms with Crippen molar-refractivity contribution in [2.45, 2.75) is 13.8 Å². The highest BCUT2D eigenvalue weighted by Gasteiger charge is 2.14. The fraction of sp³-hybridized carbons (Fsp3) is 0.118. The molecule has 0 radical (unpaired) electrons. The van der Waals surface area contributed by atoms with Crippen molar-refractivity contribution in [2.75, 3.05) is 0 Å². The van der Waals surface area contributed by atoms with Crippen molar-refractivity contribution in [3.8, 4) is 22.6 Å². The van der Waals surface area contributed by atoms with Crippen LogP contribution in [0.4, 0.5) is 0 Å². The minimum absolute atomic E-state index is 0.0569. The van der Waals surface area contributed by atoms with E-state index in [1.54, 1.807) is 0 Å². The molecule has 0 saturated carbocycles. The molecule has 94 valence electrons. The fourth-order valence-electron chi connectivity index (χ4n) is 2.31. The number of hydrogen-bond acceptors (Lipinski definition) is 2. The van der Waals surface area contributed by atoms with Gasteiger partial charge in [-0.3, -0.25) is 4.79 Å². The summed E-state index contributed by atoms with van der Waals surface area (Å²) in [5.74, 6) is 1.46. The topological polar surface area (TPSA) is 30.2 Å². The van der Waals surface area contributed by atoms with Crippen molar-refractivity contribution >= 4 is 0 Å². The van der Waals surface area contributed by atoms with Crippen LogP contribution in [-0.2, 0) is 0 Å². The molecule has 2 heteroatoms. The first-order chi connectivity index (χ1) is 9.16. The third kappa shape index (κ3) is 1.95. The summed E-state index contributed by atoms with van der Waals surface area (Å²) in [7, 11) is 0. The molecule has 1 heterocycles. The third-order valence-electron chi connectivity index (χ3n) is 3.36. The Morgan fingerprint density at radius 3 is 2.37 bits per heavy atom. The lowest BCUT2D eigenvalue weighted by atomic mass is 10.0. The predicted octanol–water partition coefficient (Wildman–Crippen LogP) is 4.03. The molecule has 1 aliphatic heterocycles. The summed E-state index contributed by atoms with van der Waals surface area (Å²) in [6, 6.07) is 15.7. The smallest absolute Gasteiger partial charge is 0.188 e. The van der Waals surface area contributed by atoms with Gasteiger partial charge in [-0.05, 0) is 37.6 Å². The number of rotatable bonds is 1. The highest BCUT2D eigenvalue weighted by molar-refractivity contribution is 5.68. The van der Waals surface area contributed by atoms with Gasteiger partial charge in [-0.2, -0.15) is 0 Å². The van der Waals surface area contributed by atoms with Gasteiger partial charge in [-0.1, -0.05) is 30.3 Å². The van der Waals surface area contributed by atoms with Gasteiger partial charge in [0, 0.05) is 16.7 Å². The molecule has 1 aliphatic carbocycles. The second kappa shape index (κ2) is 4.39. The second-order valence-electron chi connectivity index (χ2n) is 4.73. The summed E-state index contributed by atoms with van der Waals surface area (Å²) >= 11 is 0. The van der Waals surface area contributed by atoms with Gasteiger partial charge in [0.2, 0.25) is 0 Å². The van der Waals surface area contributed by atoms with Gasteiger partial charge in [0.1, 0.15) is 11.5 Å². The zero-order chi connectivity index (χ0) is 13.4. The minimum atomic E-state index is 0.0569. The molecule has 2 nitrogen and oxygen atoms in total. The van der Waals surface area contributed by atoms with Crippen molar-refractivity contribution in [1.82, 2.24) is 0 Å². The Morgan fingerprint density at radius 1 is 0.895 bits per heavy atom. The molecule has 0 saturated heterocycles. The highest BCUT2D eigenvalue weighted by Crippen LogP contribution is 2.30. The molecule has 0 N–H and O–H groups in total. The van der Waals surface area contributed by atoms with Gasteiger partial charge in [-0.15, -0.1) is 0 Å². The molecule has 0 spiro atoms. The summed E-state index contributed by atoms with van der Waals surface area (Å²) in [6.07, 6.45) is 0. The van der Waals surface area contributed by atoms with E-state index in [1.165, 1.54) is 0 Å². The molecular weight excluding hydrogens is 236 g/mol. The van der Waals surface area contributed by atoms with Gasteiger partial charge in [-0.25, -0.2) is 0 Å². The van der Waals surface area contributed by atoms with Crippen molar-refractivity contribution < 1.29 is 4.42 Å². The van der Waals surface area contributed by atoms with Crippen LogP contribution in [0.15, 0.2) is 57.7 Å². The maximum atomic E-state index is 12.0. The quantitative estimate of drug-likeness (QED) is 0.652. The molecule has 2 aliphatic rings. The van der Waals surface area contributed by atoms with E-state index in [1.807, 2.05) is 62.4 Å². The summed E-state index contributed by atoms with van der Waals surface area (Å²) in [5.41, 5.74) is 3.47. The number of aryl methyl sites for hydroxylation is 1. The van der Waals surface area contributed by atoms with Crippen LogP contribution in [-0.4, -0.2) is 0 Å². The number of hydrogen-bond donors (Lipinski definition) is 0. The predicted molar refractivity (Wildman–Crippen MR) is 76.5 cm³/mol. The zero-order valence-electron chi connectivity index (χ0n) is 10.9. The molecule has 19 heavy (non-hydrogen) atoms. The first-order valence-electron chi connectivity index (χ1n) is 6.26. The Kier molecular flexibility index (Phi) is 2.71. The first kappa shape index (κ1) is 11.7. The minimum Gasteiger partial charge on any atom is -0.456 e. The Hall–Kier alpha value is -2.35. The Morgan fingerprint density at radius 2 is 1.63 bits per heavy atom. The Balaban J connectivity index is 2.28. The van der Waals surface area contributed by atoms with E-state index in [4.69, 9.17) is 4.42 Å². The highest BCUT2D eigenvalue weighted by atomic mass is 16.3. The van der Waals surface area contributed by atoms with E-state index in [2.05, 4.69) is 0 Å². The van der Waals surface area contributed by atoms with E-state index in [0.717, 1.165) is 22.5 Å². The van der Waals surface area contributed by atoms with E-state index in [9.17, 15) is 4.79 Å². The van der Waals surface area contributed by atoms with Crippen LogP contribution in [0.2, 0.25) is 0 Å². The largest absolute Gasteiger partial charge is 0.456 e. The van der Waals surface area contributed by atoms with Crippen LogP contribution in [0.25, 0.3) is 22.6 Å². The monoisotopic (exact) mass is 250 g/mol. The molecule has 0 atom stereocenters. The van der Waals surface area contributed by atoms with Gasteiger partial charge in [0.15, 0.2) is 5.43 Å². The summed E-state index contributed by atoms with van der Waals surface area (Å²) in [5, 5.41) is 0. The first-order valence-corrected chi connectivity index (χ1v) is 6.26.